The highest BCUT2D eigenvalue weighted by Crippen LogP contribution is 2.41. The van der Waals surface area contributed by atoms with E-state index in [1.807, 2.05) is 13.0 Å². The number of rotatable bonds is 3. The van der Waals surface area contributed by atoms with Crippen LogP contribution in [0, 0.1) is 12.3 Å². The minimum Gasteiger partial charge on any atom is -0.376 e. The van der Waals surface area contributed by atoms with Gasteiger partial charge < -0.3 is 14.5 Å². The minimum absolute atomic E-state index is 0.252. The maximum absolute atomic E-state index is 12.4. The van der Waals surface area contributed by atoms with Gasteiger partial charge in [-0.05, 0) is 56.6 Å². The van der Waals surface area contributed by atoms with Crippen LogP contribution < -0.4 is 4.90 Å². The molecule has 4 heterocycles. The SMILES string of the molecule is Cc1ccc(N2CCC3(CCC(=O)N(CC4CCCO4)C3)CC2)nn1. The number of piperidine rings is 2. The van der Waals surface area contributed by atoms with Crippen LogP contribution in [-0.4, -0.2) is 59.9 Å². The summed E-state index contributed by atoms with van der Waals surface area (Å²) in [5, 5.41) is 8.51. The Kier molecular flexibility index (Phi) is 4.63. The van der Waals surface area contributed by atoms with Crippen LogP contribution >= 0.6 is 0 Å². The standard InChI is InChI=1S/C19H28N4O2/c1-15-4-5-17(21-20-15)22-10-8-19(9-11-22)7-6-18(24)23(14-19)13-16-3-2-12-25-16/h4-5,16H,2-3,6-14H2,1H3. The smallest absolute Gasteiger partial charge is 0.222 e. The quantitative estimate of drug-likeness (QED) is 0.841. The predicted octanol–water partition coefficient (Wildman–Crippen LogP) is 2.17. The number of amides is 1. The zero-order valence-electron chi connectivity index (χ0n) is 15.1. The van der Waals surface area contributed by atoms with Gasteiger partial charge in [0.2, 0.25) is 5.91 Å². The third kappa shape index (κ3) is 3.64. The summed E-state index contributed by atoms with van der Waals surface area (Å²) in [7, 11) is 0. The monoisotopic (exact) mass is 344 g/mol. The number of aryl methyl sites for hydroxylation is 1. The summed E-state index contributed by atoms with van der Waals surface area (Å²) >= 11 is 0. The molecule has 1 spiro atoms. The first kappa shape index (κ1) is 16.8. The molecule has 1 aromatic rings. The fourth-order valence-corrected chi connectivity index (χ4v) is 4.48. The van der Waals surface area contributed by atoms with Gasteiger partial charge in [0.1, 0.15) is 0 Å². The van der Waals surface area contributed by atoms with Gasteiger partial charge in [0.05, 0.1) is 11.8 Å². The first-order chi connectivity index (χ1) is 12.1. The summed E-state index contributed by atoms with van der Waals surface area (Å²) in [4.78, 5) is 16.8. The largest absolute Gasteiger partial charge is 0.376 e. The van der Waals surface area contributed by atoms with Gasteiger partial charge in [0.25, 0.3) is 0 Å². The summed E-state index contributed by atoms with van der Waals surface area (Å²) in [6.07, 6.45) is 6.44. The Bertz CT molecular complexity index is 604. The maximum atomic E-state index is 12.4. The van der Waals surface area contributed by atoms with E-state index in [2.05, 4.69) is 26.1 Å². The van der Waals surface area contributed by atoms with E-state index in [0.717, 1.165) is 76.4 Å². The number of carbonyl (C=O) groups is 1. The Morgan fingerprint density at radius 3 is 2.76 bits per heavy atom. The van der Waals surface area contributed by atoms with E-state index < -0.39 is 0 Å². The van der Waals surface area contributed by atoms with Gasteiger partial charge in [-0.1, -0.05) is 0 Å². The van der Waals surface area contributed by atoms with Gasteiger partial charge in [0, 0.05) is 39.2 Å². The van der Waals surface area contributed by atoms with Gasteiger partial charge in [-0.15, -0.1) is 5.10 Å². The Morgan fingerprint density at radius 1 is 1.24 bits per heavy atom. The summed E-state index contributed by atoms with van der Waals surface area (Å²) in [6, 6.07) is 4.09. The van der Waals surface area contributed by atoms with Crippen molar-refractivity contribution in [2.24, 2.45) is 5.41 Å². The van der Waals surface area contributed by atoms with Crippen LogP contribution in [0.1, 0.15) is 44.2 Å². The molecule has 1 unspecified atom stereocenters. The molecule has 3 saturated heterocycles. The Balaban J connectivity index is 1.37. The molecular formula is C19H28N4O2. The molecule has 1 aromatic heterocycles. The predicted molar refractivity (Wildman–Crippen MR) is 95.4 cm³/mol. The summed E-state index contributed by atoms with van der Waals surface area (Å²) < 4.78 is 5.75. The lowest BCUT2D eigenvalue weighted by molar-refractivity contribution is -0.140. The molecule has 0 N–H and O–H groups in total. The fourth-order valence-electron chi connectivity index (χ4n) is 4.48. The number of ether oxygens (including phenoxy) is 1. The molecule has 0 bridgehead atoms. The van der Waals surface area contributed by atoms with E-state index in [4.69, 9.17) is 4.74 Å². The average molecular weight is 344 g/mol. The maximum Gasteiger partial charge on any atom is 0.222 e. The molecule has 6 heteroatoms. The van der Waals surface area contributed by atoms with Gasteiger partial charge in [0.15, 0.2) is 5.82 Å². The molecule has 4 rings (SSSR count). The van der Waals surface area contributed by atoms with E-state index >= 15 is 0 Å². The van der Waals surface area contributed by atoms with Crippen molar-refractivity contribution in [3.05, 3.63) is 17.8 Å². The summed E-state index contributed by atoms with van der Waals surface area (Å²) in [5.41, 5.74) is 1.23. The lowest BCUT2D eigenvalue weighted by Crippen LogP contribution is -2.53. The number of hydrogen-bond donors (Lipinski definition) is 0. The van der Waals surface area contributed by atoms with Crippen LogP contribution in [-0.2, 0) is 9.53 Å². The Labute approximate surface area is 149 Å². The van der Waals surface area contributed by atoms with Crippen LogP contribution in [0.3, 0.4) is 0 Å². The highest BCUT2D eigenvalue weighted by Gasteiger charge is 2.41. The molecule has 3 aliphatic heterocycles. The highest BCUT2D eigenvalue weighted by molar-refractivity contribution is 5.77. The molecule has 1 atom stereocenters. The average Bonchev–Trinajstić information content (AvgIpc) is 3.13. The second-order valence-electron chi connectivity index (χ2n) is 7.93. The number of nitrogens with zero attached hydrogens (tertiary/aromatic N) is 4. The fraction of sp³-hybridized carbons (Fsp3) is 0.737. The van der Waals surface area contributed by atoms with Crippen molar-refractivity contribution in [1.82, 2.24) is 15.1 Å². The van der Waals surface area contributed by atoms with Gasteiger partial charge in [-0.3, -0.25) is 4.79 Å². The molecule has 3 fully saturated rings. The first-order valence-corrected chi connectivity index (χ1v) is 9.58. The molecule has 6 nitrogen and oxygen atoms in total. The lowest BCUT2D eigenvalue weighted by Gasteiger charge is -2.48. The first-order valence-electron chi connectivity index (χ1n) is 9.58. The van der Waals surface area contributed by atoms with Crippen LogP contribution in [0.15, 0.2) is 12.1 Å². The van der Waals surface area contributed by atoms with Crippen molar-refractivity contribution in [3.8, 4) is 0 Å². The van der Waals surface area contributed by atoms with Crippen molar-refractivity contribution >= 4 is 11.7 Å². The number of hydrogen-bond acceptors (Lipinski definition) is 5. The van der Waals surface area contributed by atoms with Crippen molar-refractivity contribution in [2.75, 3.05) is 37.7 Å². The molecule has 0 saturated carbocycles. The van der Waals surface area contributed by atoms with Gasteiger partial charge in [-0.25, -0.2) is 0 Å². The molecule has 0 radical (unpaired) electrons. The zero-order valence-corrected chi connectivity index (χ0v) is 15.1. The highest BCUT2D eigenvalue weighted by atomic mass is 16.5. The third-order valence-electron chi connectivity index (χ3n) is 6.13. The topological polar surface area (TPSA) is 58.6 Å². The second-order valence-corrected chi connectivity index (χ2v) is 7.93. The van der Waals surface area contributed by atoms with Crippen molar-refractivity contribution in [1.29, 1.82) is 0 Å². The number of aromatic nitrogens is 2. The molecule has 3 aliphatic rings. The molecule has 136 valence electrons. The number of likely N-dealkylation sites (tertiary alicyclic amines) is 1. The summed E-state index contributed by atoms with van der Waals surface area (Å²) in [5.74, 6) is 1.29. The van der Waals surface area contributed by atoms with E-state index in [0.29, 0.717) is 12.3 Å². The van der Waals surface area contributed by atoms with Gasteiger partial charge in [-0.2, -0.15) is 5.10 Å². The normalized spacial score (nSPS) is 26.4. The van der Waals surface area contributed by atoms with E-state index in [1.165, 1.54) is 0 Å². The van der Waals surface area contributed by atoms with Crippen molar-refractivity contribution in [3.63, 3.8) is 0 Å². The number of carbonyl (C=O) groups excluding carboxylic acids is 1. The van der Waals surface area contributed by atoms with Crippen molar-refractivity contribution < 1.29 is 9.53 Å². The molecule has 0 aromatic carbocycles. The van der Waals surface area contributed by atoms with Crippen LogP contribution in [0.4, 0.5) is 5.82 Å². The lowest BCUT2D eigenvalue weighted by atomic mass is 9.72. The van der Waals surface area contributed by atoms with Crippen LogP contribution in [0.5, 0.6) is 0 Å². The molecule has 0 aliphatic carbocycles. The van der Waals surface area contributed by atoms with Crippen LogP contribution in [0.25, 0.3) is 0 Å². The van der Waals surface area contributed by atoms with Gasteiger partial charge >= 0.3 is 0 Å². The molecular weight excluding hydrogens is 316 g/mol. The van der Waals surface area contributed by atoms with Crippen molar-refractivity contribution in [2.45, 2.75) is 51.6 Å². The van der Waals surface area contributed by atoms with E-state index in [9.17, 15) is 4.79 Å². The summed E-state index contributed by atoms with van der Waals surface area (Å²) in [6.45, 7) is 6.50. The zero-order chi connectivity index (χ0) is 17.3. The third-order valence-corrected chi connectivity index (χ3v) is 6.13. The number of anilines is 1. The van der Waals surface area contributed by atoms with E-state index in [1.54, 1.807) is 0 Å². The molecule has 1 amide bonds. The Hall–Kier alpha value is -1.69. The Morgan fingerprint density at radius 2 is 2.08 bits per heavy atom. The minimum atomic E-state index is 0.252. The molecule has 25 heavy (non-hydrogen) atoms. The van der Waals surface area contributed by atoms with Crippen LogP contribution in [0.2, 0.25) is 0 Å². The second kappa shape index (κ2) is 6.90. The van der Waals surface area contributed by atoms with E-state index in [-0.39, 0.29) is 11.5 Å².